The third-order valence-corrected chi connectivity index (χ3v) is 6.39. The van der Waals surface area contributed by atoms with Crippen molar-refractivity contribution in [2.24, 2.45) is 5.92 Å². The van der Waals surface area contributed by atoms with E-state index >= 15 is 0 Å². The normalized spacial score (nSPS) is 19.7. The SMILES string of the molecule is CC[C@@H](C)c1ccccc1N1C[C@@H](C(=O)Nc2ccc(N3CCCC3=O)cc2)CC1=O. The Kier molecular flexibility index (Phi) is 6.07. The van der Waals surface area contributed by atoms with E-state index in [1.807, 2.05) is 42.5 Å². The lowest BCUT2D eigenvalue weighted by Crippen LogP contribution is -2.29. The van der Waals surface area contributed by atoms with Gasteiger partial charge in [-0.25, -0.2) is 0 Å². The molecule has 0 radical (unpaired) electrons. The molecule has 4 rings (SSSR count). The topological polar surface area (TPSA) is 69.7 Å². The Labute approximate surface area is 183 Å². The van der Waals surface area contributed by atoms with Crippen molar-refractivity contribution in [1.29, 1.82) is 0 Å². The Morgan fingerprint density at radius 3 is 2.48 bits per heavy atom. The van der Waals surface area contributed by atoms with Crippen LogP contribution in [-0.2, 0) is 14.4 Å². The predicted octanol–water partition coefficient (Wildman–Crippen LogP) is 4.32. The minimum atomic E-state index is -0.391. The summed E-state index contributed by atoms with van der Waals surface area (Å²) in [5, 5.41) is 2.93. The third-order valence-electron chi connectivity index (χ3n) is 6.39. The third kappa shape index (κ3) is 4.33. The van der Waals surface area contributed by atoms with Crippen LogP contribution in [0, 0.1) is 5.92 Å². The number of para-hydroxylation sites is 1. The van der Waals surface area contributed by atoms with Crippen LogP contribution in [0.15, 0.2) is 48.5 Å². The summed E-state index contributed by atoms with van der Waals surface area (Å²) in [5.41, 5.74) is 3.58. The number of hydrogen-bond acceptors (Lipinski definition) is 3. The minimum absolute atomic E-state index is 0.0150. The highest BCUT2D eigenvalue weighted by atomic mass is 16.2. The molecule has 2 aromatic carbocycles. The van der Waals surface area contributed by atoms with Crippen LogP contribution < -0.4 is 15.1 Å². The van der Waals surface area contributed by atoms with Gasteiger partial charge in [-0.05, 0) is 54.7 Å². The van der Waals surface area contributed by atoms with Crippen molar-refractivity contribution in [3.63, 3.8) is 0 Å². The molecule has 3 amide bonds. The van der Waals surface area contributed by atoms with Gasteiger partial charge in [0.25, 0.3) is 0 Å². The summed E-state index contributed by atoms with van der Waals surface area (Å²) in [4.78, 5) is 41.0. The summed E-state index contributed by atoms with van der Waals surface area (Å²) < 4.78 is 0. The standard InChI is InChI=1S/C25H29N3O3/c1-3-17(2)21-7-4-5-8-22(21)28-16-18(15-24(28)30)25(31)26-19-10-12-20(13-11-19)27-14-6-9-23(27)29/h4-5,7-8,10-13,17-18H,3,6,9,14-16H2,1-2H3,(H,26,31)/t17-,18+/m1/s1. The van der Waals surface area contributed by atoms with Crippen molar-refractivity contribution < 1.29 is 14.4 Å². The maximum absolute atomic E-state index is 12.9. The van der Waals surface area contributed by atoms with Crippen LogP contribution >= 0.6 is 0 Å². The first kappa shape index (κ1) is 21.1. The van der Waals surface area contributed by atoms with E-state index in [1.54, 1.807) is 9.80 Å². The fourth-order valence-electron chi connectivity index (χ4n) is 4.38. The average molecular weight is 420 g/mol. The van der Waals surface area contributed by atoms with Crippen LogP contribution in [0.3, 0.4) is 0 Å². The highest BCUT2D eigenvalue weighted by Crippen LogP contribution is 2.34. The van der Waals surface area contributed by atoms with Gasteiger partial charge < -0.3 is 15.1 Å². The van der Waals surface area contributed by atoms with Crippen molar-refractivity contribution in [2.75, 3.05) is 28.2 Å². The summed E-state index contributed by atoms with van der Waals surface area (Å²) in [5.74, 6) is -0.0742. The van der Waals surface area contributed by atoms with E-state index in [0.717, 1.165) is 36.3 Å². The van der Waals surface area contributed by atoms with Crippen LogP contribution in [0.5, 0.6) is 0 Å². The molecular formula is C25H29N3O3. The van der Waals surface area contributed by atoms with E-state index in [4.69, 9.17) is 0 Å². The second-order valence-electron chi connectivity index (χ2n) is 8.46. The summed E-state index contributed by atoms with van der Waals surface area (Å²) >= 11 is 0. The largest absolute Gasteiger partial charge is 0.326 e. The van der Waals surface area contributed by atoms with Gasteiger partial charge >= 0.3 is 0 Å². The molecular weight excluding hydrogens is 390 g/mol. The molecule has 1 N–H and O–H groups in total. The van der Waals surface area contributed by atoms with Crippen molar-refractivity contribution >= 4 is 34.8 Å². The molecule has 0 saturated carbocycles. The van der Waals surface area contributed by atoms with Crippen LogP contribution in [-0.4, -0.2) is 30.8 Å². The highest BCUT2D eigenvalue weighted by Gasteiger charge is 2.36. The Morgan fingerprint density at radius 1 is 1.06 bits per heavy atom. The summed E-state index contributed by atoms with van der Waals surface area (Å²) in [6.45, 7) is 5.42. The Bertz CT molecular complexity index is 986. The second kappa shape index (κ2) is 8.92. The smallest absolute Gasteiger partial charge is 0.229 e. The Balaban J connectivity index is 1.43. The van der Waals surface area contributed by atoms with Gasteiger partial charge in [-0.2, -0.15) is 0 Å². The van der Waals surface area contributed by atoms with E-state index in [1.165, 1.54) is 0 Å². The van der Waals surface area contributed by atoms with Crippen LogP contribution in [0.4, 0.5) is 17.1 Å². The highest BCUT2D eigenvalue weighted by molar-refractivity contribution is 6.04. The Morgan fingerprint density at radius 2 is 1.81 bits per heavy atom. The van der Waals surface area contributed by atoms with Gasteiger partial charge in [-0.3, -0.25) is 14.4 Å². The van der Waals surface area contributed by atoms with Gasteiger partial charge in [-0.15, -0.1) is 0 Å². The maximum atomic E-state index is 12.9. The van der Waals surface area contributed by atoms with Gasteiger partial charge in [0, 0.05) is 43.0 Å². The molecule has 0 spiro atoms. The fourth-order valence-corrected chi connectivity index (χ4v) is 4.38. The number of hydrogen-bond donors (Lipinski definition) is 1. The van der Waals surface area contributed by atoms with Crippen LogP contribution in [0.25, 0.3) is 0 Å². The first-order valence-electron chi connectivity index (χ1n) is 11.1. The molecule has 2 saturated heterocycles. The van der Waals surface area contributed by atoms with E-state index in [9.17, 15) is 14.4 Å². The number of carbonyl (C=O) groups is 3. The van der Waals surface area contributed by atoms with E-state index in [2.05, 4.69) is 25.2 Å². The molecule has 0 unspecified atom stereocenters. The monoisotopic (exact) mass is 419 g/mol. The molecule has 2 heterocycles. The molecule has 6 nitrogen and oxygen atoms in total. The van der Waals surface area contributed by atoms with Gasteiger partial charge in [0.2, 0.25) is 17.7 Å². The van der Waals surface area contributed by atoms with Crippen molar-refractivity contribution in [3.8, 4) is 0 Å². The van der Waals surface area contributed by atoms with Gasteiger partial charge in [-0.1, -0.05) is 32.0 Å². The minimum Gasteiger partial charge on any atom is -0.326 e. The Hall–Kier alpha value is -3.15. The number of carbonyl (C=O) groups excluding carboxylic acids is 3. The summed E-state index contributed by atoms with van der Waals surface area (Å²) in [6, 6.07) is 15.3. The molecule has 31 heavy (non-hydrogen) atoms. The molecule has 0 bridgehead atoms. The molecule has 2 aliphatic heterocycles. The lowest BCUT2D eigenvalue weighted by molar-refractivity contribution is -0.122. The number of anilines is 3. The van der Waals surface area contributed by atoms with Crippen molar-refractivity contribution in [1.82, 2.24) is 0 Å². The number of amides is 3. The molecule has 162 valence electrons. The predicted molar refractivity (Wildman–Crippen MR) is 122 cm³/mol. The lowest BCUT2D eigenvalue weighted by Gasteiger charge is -2.23. The van der Waals surface area contributed by atoms with E-state index in [-0.39, 0.29) is 24.1 Å². The van der Waals surface area contributed by atoms with Gasteiger partial charge in [0.05, 0.1) is 5.92 Å². The van der Waals surface area contributed by atoms with Crippen molar-refractivity contribution in [2.45, 2.75) is 45.4 Å². The molecule has 2 aromatic rings. The van der Waals surface area contributed by atoms with Crippen LogP contribution in [0.1, 0.15) is 51.0 Å². The van der Waals surface area contributed by atoms with Crippen LogP contribution in [0.2, 0.25) is 0 Å². The summed E-state index contributed by atoms with van der Waals surface area (Å²) in [7, 11) is 0. The molecule has 2 aliphatic rings. The lowest BCUT2D eigenvalue weighted by atomic mass is 9.96. The number of nitrogens with one attached hydrogen (secondary N) is 1. The number of nitrogens with zero attached hydrogens (tertiary/aromatic N) is 2. The van der Waals surface area contributed by atoms with Gasteiger partial charge in [0.15, 0.2) is 0 Å². The number of rotatable bonds is 6. The summed E-state index contributed by atoms with van der Waals surface area (Å²) in [6.07, 6.45) is 2.66. The molecule has 2 atom stereocenters. The average Bonchev–Trinajstić information content (AvgIpc) is 3.39. The fraction of sp³-hybridized carbons (Fsp3) is 0.400. The zero-order chi connectivity index (χ0) is 22.0. The molecule has 0 aliphatic carbocycles. The number of benzene rings is 2. The zero-order valence-corrected chi connectivity index (χ0v) is 18.1. The maximum Gasteiger partial charge on any atom is 0.229 e. The zero-order valence-electron chi connectivity index (χ0n) is 18.1. The molecule has 2 fully saturated rings. The molecule has 6 heteroatoms. The van der Waals surface area contributed by atoms with E-state index < -0.39 is 5.92 Å². The molecule has 0 aromatic heterocycles. The first-order valence-corrected chi connectivity index (χ1v) is 11.1. The first-order chi connectivity index (χ1) is 15.0. The van der Waals surface area contributed by atoms with Crippen molar-refractivity contribution in [3.05, 3.63) is 54.1 Å². The quantitative estimate of drug-likeness (QED) is 0.758. The van der Waals surface area contributed by atoms with E-state index in [0.29, 0.717) is 24.6 Å². The van der Waals surface area contributed by atoms with Gasteiger partial charge in [0.1, 0.15) is 0 Å². The second-order valence-corrected chi connectivity index (χ2v) is 8.46.